The first-order valence-corrected chi connectivity index (χ1v) is 6.03. The highest BCUT2D eigenvalue weighted by atomic mass is 79.9. The van der Waals surface area contributed by atoms with Crippen LogP contribution in [0.2, 0.25) is 0 Å². The summed E-state index contributed by atoms with van der Waals surface area (Å²) in [6, 6.07) is 1.08. The molecule has 17 heavy (non-hydrogen) atoms. The van der Waals surface area contributed by atoms with E-state index in [0.29, 0.717) is 12.1 Å². The molecule has 1 aromatic heterocycles. The summed E-state index contributed by atoms with van der Waals surface area (Å²) in [5.41, 5.74) is 0.413. The molecule has 6 heteroatoms. The molecule has 0 aliphatic carbocycles. The Morgan fingerprint density at radius 1 is 1.47 bits per heavy atom. The Balaban J connectivity index is 2.63. The molecule has 0 spiro atoms. The highest BCUT2D eigenvalue weighted by Gasteiger charge is 2.15. The van der Waals surface area contributed by atoms with Crippen LogP contribution in [0.1, 0.15) is 24.2 Å². The van der Waals surface area contributed by atoms with E-state index in [-0.39, 0.29) is 11.8 Å². The standard InChI is InChI=1S/C11H14BrN3O2/c1-3-14-10(16)7(2)15-11(17)8-4-9(12)6-13-5-8/h4-7H,3H2,1-2H3,(H,14,16)(H,15,17)/t7-/m0/s1. The number of rotatable bonds is 4. The molecule has 0 aromatic carbocycles. The molecule has 1 atom stereocenters. The van der Waals surface area contributed by atoms with Crippen LogP contribution in [0, 0.1) is 0 Å². The minimum Gasteiger partial charge on any atom is -0.355 e. The van der Waals surface area contributed by atoms with E-state index in [1.165, 1.54) is 6.20 Å². The second kappa shape index (κ2) is 6.34. The largest absolute Gasteiger partial charge is 0.355 e. The molecule has 1 heterocycles. The normalized spacial score (nSPS) is 11.7. The molecule has 0 aliphatic heterocycles. The van der Waals surface area contributed by atoms with Gasteiger partial charge in [-0.1, -0.05) is 0 Å². The van der Waals surface area contributed by atoms with Crippen molar-refractivity contribution in [3.05, 3.63) is 28.5 Å². The summed E-state index contributed by atoms with van der Waals surface area (Å²) in [4.78, 5) is 27.1. The van der Waals surface area contributed by atoms with Crippen molar-refractivity contribution < 1.29 is 9.59 Å². The van der Waals surface area contributed by atoms with E-state index in [2.05, 4.69) is 31.5 Å². The van der Waals surface area contributed by atoms with Crippen molar-refractivity contribution in [2.45, 2.75) is 19.9 Å². The van der Waals surface area contributed by atoms with E-state index in [9.17, 15) is 9.59 Å². The first kappa shape index (κ1) is 13.6. The lowest BCUT2D eigenvalue weighted by Crippen LogP contribution is -2.44. The molecule has 5 nitrogen and oxygen atoms in total. The zero-order valence-corrected chi connectivity index (χ0v) is 11.2. The van der Waals surface area contributed by atoms with Gasteiger partial charge in [-0.3, -0.25) is 14.6 Å². The second-order valence-electron chi connectivity index (χ2n) is 3.48. The summed E-state index contributed by atoms with van der Waals surface area (Å²) in [6.45, 7) is 4.00. The highest BCUT2D eigenvalue weighted by Crippen LogP contribution is 2.09. The van der Waals surface area contributed by atoms with Gasteiger partial charge in [0, 0.05) is 23.4 Å². The molecular formula is C11H14BrN3O2. The third-order valence-electron chi connectivity index (χ3n) is 2.06. The van der Waals surface area contributed by atoms with Crippen molar-refractivity contribution in [1.29, 1.82) is 0 Å². The number of pyridine rings is 1. The molecule has 0 saturated carbocycles. The van der Waals surface area contributed by atoms with Crippen LogP contribution in [0.4, 0.5) is 0 Å². The topological polar surface area (TPSA) is 71.1 Å². The molecule has 0 radical (unpaired) electrons. The minimum absolute atomic E-state index is 0.205. The number of carbonyl (C=O) groups is 2. The summed E-state index contributed by atoms with van der Waals surface area (Å²) < 4.78 is 0.718. The zero-order chi connectivity index (χ0) is 12.8. The lowest BCUT2D eigenvalue weighted by molar-refractivity contribution is -0.122. The first-order chi connectivity index (χ1) is 8.04. The van der Waals surface area contributed by atoms with Gasteiger partial charge in [-0.05, 0) is 35.8 Å². The van der Waals surface area contributed by atoms with E-state index < -0.39 is 6.04 Å². The minimum atomic E-state index is -0.568. The Morgan fingerprint density at radius 2 is 2.18 bits per heavy atom. The van der Waals surface area contributed by atoms with Gasteiger partial charge < -0.3 is 10.6 Å². The Labute approximate surface area is 108 Å². The summed E-state index contributed by atoms with van der Waals surface area (Å²) in [7, 11) is 0. The molecule has 0 fully saturated rings. The van der Waals surface area contributed by atoms with Crippen LogP contribution in [0.15, 0.2) is 22.9 Å². The van der Waals surface area contributed by atoms with Crippen molar-refractivity contribution in [1.82, 2.24) is 15.6 Å². The van der Waals surface area contributed by atoms with Crippen LogP contribution in [-0.2, 0) is 4.79 Å². The number of nitrogens with one attached hydrogen (secondary N) is 2. The summed E-state index contributed by atoms with van der Waals surface area (Å²) in [5.74, 6) is -0.527. The third-order valence-corrected chi connectivity index (χ3v) is 2.49. The van der Waals surface area contributed by atoms with Crippen molar-refractivity contribution in [3.63, 3.8) is 0 Å². The Hall–Kier alpha value is -1.43. The van der Waals surface area contributed by atoms with Crippen LogP contribution in [0.25, 0.3) is 0 Å². The fraction of sp³-hybridized carbons (Fsp3) is 0.364. The lowest BCUT2D eigenvalue weighted by atomic mass is 10.2. The molecule has 0 unspecified atom stereocenters. The predicted molar refractivity (Wildman–Crippen MR) is 67.5 cm³/mol. The maximum atomic E-state index is 11.8. The number of carbonyl (C=O) groups excluding carboxylic acids is 2. The van der Waals surface area contributed by atoms with Gasteiger partial charge in [-0.15, -0.1) is 0 Å². The molecule has 2 amide bonds. The first-order valence-electron chi connectivity index (χ1n) is 5.23. The van der Waals surface area contributed by atoms with Crippen LogP contribution in [0.3, 0.4) is 0 Å². The maximum absolute atomic E-state index is 11.8. The number of hydrogen-bond acceptors (Lipinski definition) is 3. The number of halogens is 1. The maximum Gasteiger partial charge on any atom is 0.253 e. The highest BCUT2D eigenvalue weighted by molar-refractivity contribution is 9.10. The van der Waals surface area contributed by atoms with E-state index in [1.54, 1.807) is 19.2 Å². The SMILES string of the molecule is CCNC(=O)[C@H](C)NC(=O)c1cncc(Br)c1. The number of nitrogens with zero attached hydrogens (tertiary/aromatic N) is 1. The van der Waals surface area contributed by atoms with Gasteiger partial charge in [-0.2, -0.15) is 0 Å². The van der Waals surface area contributed by atoms with E-state index in [4.69, 9.17) is 0 Å². The average molecular weight is 300 g/mol. The van der Waals surface area contributed by atoms with Gasteiger partial charge in [0.25, 0.3) is 5.91 Å². The summed E-state index contributed by atoms with van der Waals surface area (Å²) >= 11 is 3.23. The quantitative estimate of drug-likeness (QED) is 0.874. The molecular weight excluding hydrogens is 286 g/mol. The average Bonchev–Trinajstić information content (AvgIpc) is 2.29. The van der Waals surface area contributed by atoms with E-state index in [1.807, 2.05) is 6.92 Å². The monoisotopic (exact) mass is 299 g/mol. The van der Waals surface area contributed by atoms with Gasteiger partial charge >= 0.3 is 0 Å². The zero-order valence-electron chi connectivity index (χ0n) is 9.66. The van der Waals surface area contributed by atoms with Crippen molar-refractivity contribution in [2.24, 2.45) is 0 Å². The van der Waals surface area contributed by atoms with Gasteiger partial charge in [0.1, 0.15) is 6.04 Å². The molecule has 92 valence electrons. The third kappa shape index (κ3) is 4.14. The molecule has 0 bridgehead atoms. The van der Waals surface area contributed by atoms with Crippen molar-refractivity contribution in [2.75, 3.05) is 6.54 Å². The fourth-order valence-electron chi connectivity index (χ4n) is 1.21. The van der Waals surface area contributed by atoms with Crippen LogP contribution in [-0.4, -0.2) is 29.4 Å². The molecule has 2 N–H and O–H groups in total. The van der Waals surface area contributed by atoms with Gasteiger partial charge in [-0.25, -0.2) is 0 Å². The smallest absolute Gasteiger partial charge is 0.253 e. The summed E-state index contributed by atoms with van der Waals surface area (Å²) in [5, 5.41) is 5.23. The van der Waals surface area contributed by atoms with E-state index >= 15 is 0 Å². The lowest BCUT2D eigenvalue weighted by Gasteiger charge is -2.13. The Bertz CT molecular complexity index is 423. The van der Waals surface area contributed by atoms with Crippen LogP contribution < -0.4 is 10.6 Å². The Morgan fingerprint density at radius 3 is 2.76 bits per heavy atom. The summed E-state index contributed by atoms with van der Waals surface area (Å²) in [6.07, 6.45) is 3.04. The van der Waals surface area contributed by atoms with Crippen LogP contribution >= 0.6 is 15.9 Å². The molecule has 0 aliphatic rings. The number of likely N-dealkylation sites (N-methyl/N-ethyl adjacent to an activating group) is 1. The molecule has 1 rings (SSSR count). The molecule has 1 aromatic rings. The second-order valence-corrected chi connectivity index (χ2v) is 4.40. The van der Waals surface area contributed by atoms with Gasteiger partial charge in [0.15, 0.2) is 0 Å². The van der Waals surface area contributed by atoms with Gasteiger partial charge in [0.05, 0.1) is 5.56 Å². The fourth-order valence-corrected chi connectivity index (χ4v) is 1.57. The van der Waals surface area contributed by atoms with Crippen molar-refractivity contribution in [3.8, 4) is 0 Å². The van der Waals surface area contributed by atoms with E-state index in [0.717, 1.165) is 4.47 Å². The Kier molecular flexibility index (Phi) is 5.09. The number of aromatic nitrogens is 1. The van der Waals surface area contributed by atoms with Crippen LogP contribution in [0.5, 0.6) is 0 Å². The van der Waals surface area contributed by atoms with Crippen molar-refractivity contribution >= 4 is 27.7 Å². The predicted octanol–water partition coefficient (Wildman–Crippen LogP) is 1.10. The number of amides is 2. The van der Waals surface area contributed by atoms with Gasteiger partial charge in [0.2, 0.25) is 5.91 Å². The molecule has 0 saturated heterocycles. The number of hydrogen-bond donors (Lipinski definition) is 2.